The van der Waals surface area contributed by atoms with Gasteiger partial charge in [-0.05, 0) is 13.0 Å². The van der Waals surface area contributed by atoms with Crippen molar-refractivity contribution in [2.75, 3.05) is 6.61 Å². The van der Waals surface area contributed by atoms with Crippen LogP contribution >= 0.6 is 0 Å². The second-order valence-corrected chi connectivity index (χ2v) is 5.70. The third kappa shape index (κ3) is 3.75. The summed E-state index contributed by atoms with van der Waals surface area (Å²) in [5, 5.41) is 3.72. The molecule has 0 N–H and O–H groups in total. The first-order valence-corrected chi connectivity index (χ1v) is 6.49. The Morgan fingerprint density at radius 1 is 1.23 bits per heavy atom. The predicted octanol–water partition coefficient (Wildman–Crippen LogP) is 3.40. The monoisotopic (exact) mass is 328 g/mol. The summed E-state index contributed by atoms with van der Waals surface area (Å²) in [6, 6.07) is 0.673. The van der Waals surface area contributed by atoms with E-state index in [-0.39, 0.29) is 12.3 Å². The Morgan fingerprint density at radius 3 is 2.18 bits per heavy atom. The van der Waals surface area contributed by atoms with Crippen molar-refractivity contribution in [2.24, 2.45) is 0 Å². The van der Waals surface area contributed by atoms with Crippen molar-refractivity contribution in [1.29, 1.82) is 0 Å². The van der Waals surface area contributed by atoms with Crippen molar-refractivity contribution < 1.29 is 31.5 Å². The zero-order valence-corrected chi connectivity index (χ0v) is 12.6. The van der Waals surface area contributed by atoms with Crippen LogP contribution in [-0.4, -0.2) is 28.5 Å². The van der Waals surface area contributed by atoms with Gasteiger partial charge in [-0.25, -0.2) is 0 Å². The van der Waals surface area contributed by atoms with Crippen molar-refractivity contribution in [3.63, 3.8) is 0 Å². The second-order valence-electron chi connectivity index (χ2n) is 5.70. The molecule has 0 aliphatic heterocycles. The summed E-state index contributed by atoms with van der Waals surface area (Å²) in [5.41, 5.74) is -2.11. The zero-order chi connectivity index (χ0) is 17.3. The minimum absolute atomic E-state index is 0.0166. The zero-order valence-electron chi connectivity index (χ0n) is 12.6. The maximum Gasteiger partial charge on any atom is 0.459 e. The van der Waals surface area contributed by atoms with Gasteiger partial charge in [0, 0.05) is 5.41 Å². The smallest absolute Gasteiger partial charge is 0.459 e. The molecule has 0 aromatic carbocycles. The minimum Gasteiger partial charge on any atom is -0.465 e. The summed E-state index contributed by atoms with van der Waals surface area (Å²) < 4.78 is 69.9. The molecule has 0 aliphatic rings. The molecule has 0 saturated carbocycles. The van der Waals surface area contributed by atoms with Crippen molar-refractivity contribution in [2.45, 2.75) is 51.8 Å². The minimum atomic E-state index is -5.78. The molecule has 0 radical (unpaired) electrons. The van der Waals surface area contributed by atoms with Crippen LogP contribution in [0, 0.1) is 0 Å². The highest BCUT2D eigenvalue weighted by atomic mass is 19.4. The molecule has 0 aliphatic carbocycles. The van der Waals surface area contributed by atoms with Crippen LogP contribution in [0.1, 0.15) is 39.1 Å². The molecule has 0 atom stereocenters. The Labute approximate surface area is 124 Å². The number of carbonyl (C=O) groups is 1. The van der Waals surface area contributed by atoms with Gasteiger partial charge in [0.2, 0.25) is 0 Å². The van der Waals surface area contributed by atoms with E-state index in [1.54, 1.807) is 20.8 Å². The maximum atomic E-state index is 13.6. The van der Waals surface area contributed by atoms with Crippen LogP contribution in [0.4, 0.5) is 22.0 Å². The number of carbonyl (C=O) groups excluding carboxylic acids is 1. The normalized spacial score (nSPS) is 13.3. The molecule has 0 spiro atoms. The highest BCUT2D eigenvalue weighted by molar-refractivity contribution is 5.69. The first-order chi connectivity index (χ1) is 9.80. The van der Waals surface area contributed by atoms with Gasteiger partial charge in [0.05, 0.1) is 12.3 Å². The Kier molecular flexibility index (Phi) is 4.88. The summed E-state index contributed by atoms with van der Waals surface area (Å²) in [4.78, 5) is 11.4. The van der Waals surface area contributed by atoms with E-state index in [0.717, 1.165) is 0 Å². The van der Waals surface area contributed by atoms with Gasteiger partial charge in [0.25, 0.3) is 0 Å². The van der Waals surface area contributed by atoms with E-state index in [0.29, 0.717) is 10.7 Å². The van der Waals surface area contributed by atoms with Crippen LogP contribution < -0.4 is 0 Å². The molecule has 22 heavy (non-hydrogen) atoms. The molecule has 126 valence electrons. The molecule has 0 amide bonds. The molecule has 1 rings (SSSR count). The van der Waals surface area contributed by atoms with Gasteiger partial charge in [-0.3, -0.25) is 9.48 Å². The van der Waals surface area contributed by atoms with E-state index in [9.17, 15) is 26.7 Å². The van der Waals surface area contributed by atoms with Crippen LogP contribution in [0.5, 0.6) is 0 Å². The Morgan fingerprint density at radius 2 is 1.77 bits per heavy atom. The number of esters is 1. The first kappa shape index (κ1) is 18.4. The van der Waals surface area contributed by atoms with Crippen molar-refractivity contribution in [3.05, 3.63) is 17.5 Å². The lowest BCUT2D eigenvalue weighted by Crippen LogP contribution is -2.36. The fraction of sp³-hybridized carbons (Fsp3) is 0.692. The van der Waals surface area contributed by atoms with Crippen molar-refractivity contribution in [3.8, 4) is 0 Å². The summed E-state index contributed by atoms with van der Waals surface area (Å²) in [7, 11) is 0. The maximum absolute atomic E-state index is 13.6. The fourth-order valence-electron chi connectivity index (χ4n) is 1.63. The van der Waals surface area contributed by atoms with Gasteiger partial charge in [0.1, 0.15) is 12.2 Å². The van der Waals surface area contributed by atoms with Crippen LogP contribution in [0.25, 0.3) is 0 Å². The van der Waals surface area contributed by atoms with Gasteiger partial charge in [-0.2, -0.15) is 27.1 Å². The quantitative estimate of drug-likeness (QED) is 0.628. The summed E-state index contributed by atoms with van der Waals surface area (Å²) in [6.45, 7) is 5.49. The molecule has 1 heterocycles. The fourth-order valence-corrected chi connectivity index (χ4v) is 1.63. The average Bonchev–Trinajstić information content (AvgIpc) is 2.71. The number of aromatic nitrogens is 2. The average molecular weight is 328 g/mol. The van der Waals surface area contributed by atoms with Gasteiger partial charge in [0.15, 0.2) is 0 Å². The third-order valence-electron chi connectivity index (χ3n) is 2.81. The van der Waals surface area contributed by atoms with E-state index < -0.39 is 35.7 Å². The number of hydrogen-bond acceptors (Lipinski definition) is 3. The summed E-state index contributed by atoms with van der Waals surface area (Å²) in [6.07, 6.45) is -5.78. The molecule has 1 aromatic heterocycles. The Bertz CT molecular complexity index is 544. The first-order valence-electron chi connectivity index (χ1n) is 6.49. The molecule has 0 fully saturated rings. The highest BCUT2D eigenvalue weighted by Crippen LogP contribution is 2.44. The molecule has 4 nitrogen and oxygen atoms in total. The lowest BCUT2D eigenvalue weighted by molar-refractivity contribution is -0.292. The topological polar surface area (TPSA) is 44.1 Å². The number of nitrogens with zero attached hydrogens (tertiary/aromatic N) is 2. The van der Waals surface area contributed by atoms with Crippen LogP contribution in [0.2, 0.25) is 0 Å². The largest absolute Gasteiger partial charge is 0.465 e. The lowest BCUT2D eigenvalue weighted by atomic mass is 9.92. The van der Waals surface area contributed by atoms with Gasteiger partial charge in [-0.15, -0.1) is 0 Å². The highest BCUT2D eigenvalue weighted by Gasteiger charge is 2.61. The SMILES string of the molecule is CCOC(=O)Cn1nc(C(C)(C)C)cc1C(F)(F)C(F)(F)F. The number of halogens is 5. The van der Waals surface area contributed by atoms with Gasteiger partial charge < -0.3 is 4.74 Å². The summed E-state index contributed by atoms with van der Waals surface area (Å²) >= 11 is 0. The van der Waals surface area contributed by atoms with Gasteiger partial charge >= 0.3 is 18.1 Å². The van der Waals surface area contributed by atoms with E-state index >= 15 is 0 Å². The Hall–Kier alpha value is -1.67. The molecule has 9 heteroatoms. The second kappa shape index (κ2) is 5.85. The molecular weight excluding hydrogens is 311 g/mol. The number of alkyl halides is 5. The number of rotatable bonds is 4. The van der Waals surface area contributed by atoms with Crippen molar-refractivity contribution >= 4 is 5.97 Å². The number of ether oxygens (including phenoxy) is 1. The summed E-state index contributed by atoms with van der Waals surface area (Å²) in [5.74, 6) is -6.05. The predicted molar refractivity (Wildman–Crippen MR) is 67.5 cm³/mol. The number of hydrogen-bond donors (Lipinski definition) is 0. The standard InChI is InChI=1S/C13H17F5N2O2/c1-5-22-10(21)7-20-9(12(14,15)13(16,17)18)6-8(19-20)11(2,3)4/h6H,5,7H2,1-4H3. The lowest BCUT2D eigenvalue weighted by Gasteiger charge is -2.20. The Balaban J connectivity index is 3.35. The molecule has 0 bridgehead atoms. The van der Waals surface area contributed by atoms with Gasteiger partial charge in [-0.1, -0.05) is 20.8 Å². The third-order valence-corrected chi connectivity index (χ3v) is 2.81. The van der Waals surface area contributed by atoms with Crippen LogP contribution in [-0.2, 0) is 27.4 Å². The molecule has 0 saturated heterocycles. The molecule has 1 aromatic rings. The van der Waals surface area contributed by atoms with E-state index in [1.165, 1.54) is 6.92 Å². The van der Waals surface area contributed by atoms with Crippen LogP contribution in [0.15, 0.2) is 6.07 Å². The molecular formula is C13H17F5N2O2. The van der Waals surface area contributed by atoms with E-state index in [4.69, 9.17) is 0 Å². The van der Waals surface area contributed by atoms with E-state index in [2.05, 4.69) is 9.84 Å². The van der Waals surface area contributed by atoms with Crippen molar-refractivity contribution in [1.82, 2.24) is 9.78 Å². The van der Waals surface area contributed by atoms with E-state index in [1.807, 2.05) is 0 Å². The van der Waals surface area contributed by atoms with Crippen LogP contribution in [0.3, 0.4) is 0 Å². The molecule has 0 unspecified atom stereocenters.